The second-order valence-electron chi connectivity index (χ2n) is 7.42. The van der Waals surface area contributed by atoms with Crippen molar-refractivity contribution in [2.75, 3.05) is 6.54 Å². The van der Waals surface area contributed by atoms with Crippen LogP contribution in [0.3, 0.4) is 0 Å². The minimum atomic E-state index is -0.471. The molecule has 0 aliphatic carbocycles. The lowest BCUT2D eigenvalue weighted by Gasteiger charge is -2.25. The third kappa shape index (κ3) is 5.41. The molecule has 4 rings (SSSR count). The third-order valence-electron chi connectivity index (χ3n) is 5.03. The van der Waals surface area contributed by atoms with E-state index in [0.717, 1.165) is 16.8 Å². The molecule has 3 aromatic carbocycles. The number of carbonyl (C=O) groups is 1. The van der Waals surface area contributed by atoms with Gasteiger partial charge in [0, 0.05) is 29.1 Å². The minimum absolute atomic E-state index is 0.260. The molecule has 3 aromatic rings. The summed E-state index contributed by atoms with van der Waals surface area (Å²) >= 11 is 18.2. The van der Waals surface area contributed by atoms with E-state index in [1.807, 2.05) is 18.2 Å². The van der Waals surface area contributed by atoms with Crippen LogP contribution in [0.4, 0.5) is 4.39 Å². The average Bonchev–Trinajstić information content (AvgIpc) is 3.23. The van der Waals surface area contributed by atoms with Crippen molar-refractivity contribution in [3.8, 4) is 0 Å². The van der Waals surface area contributed by atoms with E-state index in [0.29, 0.717) is 21.5 Å². The molecule has 164 valence electrons. The minimum Gasteiger partial charge on any atom is -0.390 e. The van der Waals surface area contributed by atoms with Crippen LogP contribution >= 0.6 is 34.8 Å². The maximum absolute atomic E-state index is 13.7. The first-order valence-electron chi connectivity index (χ1n) is 9.86. The van der Waals surface area contributed by atoms with Crippen molar-refractivity contribution in [1.29, 1.82) is 0 Å². The third-order valence-corrected chi connectivity index (χ3v) is 6.01. The normalized spacial score (nSPS) is 15.2. The number of hydrogen-bond acceptors (Lipinski definition) is 3. The fourth-order valence-electron chi connectivity index (χ4n) is 3.50. The van der Waals surface area contributed by atoms with Gasteiger partial charge >= 0.3 is 0 Å². The van der Waals surface area contributed by atoms with E-state index in [2.05, 4.69) is 5.16 Å². The standard InChI is InChI=1S/C24H18Cl3FN2O2/c25-18-5-1-3-15(9-18)13-30(24(31)17-4-2-6-19(28)10-17)14-20-12-23(29-32-20)16-7-8-21(26)22(27)11-16/h1-11,20H,12-14H2. The topological polar surface area (TPSA) is 41.9 Å². The van der Waals surface area contributed by atoms with E-state index in [1.165, 1.54) is 18.2 Å². The van der Waals surface area contributed by atoms with Gasteiger partial charge in [0.2, 0.25) is 0 Å². The van der Waals surface area contributed by atoms with E-state index in [1.54, 1.807) is 35.2 Å². The van der Waals surface area contributed by atoms with Gasteiger partial charge in [-0.15, -0.1) is 0 Å². The highest BCUT2D eigenvalue weighted by molar-refractivity contribution is 6.42. The fourth-order valence-corrected chi connectivity index (χ4v) is 4.01. The van der Waals surface area contributed by atoms with E-state index < -0.39 is 5.82 Å². The molecule has 1 aliphatic rings. The van der Waals surface area contributed by atoms with Gasteiger partial charge in [-0.3, -0.25) is 4.79 Å². The second-order valence-corrected chi connectivity index (χ2v) is 8.68. The lowest BCUT2D eigenvalue weighted by molar-refractivity contribution is 0.0405. The molecule has 0 aromatic heterocycles. The average molecular weight is 492 g/mol. The van der Waals surface area contributed by atoms with Crippen molar-refractivity contribution in [2.24, 2.45) is 5.16 Å². The summed E-state index contributed by atoms with van der Waals surface area (Å²) in [7, 11) is 0. The van der Waals surface area contributed by atoms with Gasteiger partial charge in [-0.25, -0.2) is 4.39 Å². The first-order chi connectivity index (χ1) is 15.4. The Morgan fingerprint density at radius 2 is 1.84 bits per heavy atom. The molecule has 4 nitrogen and oxygen atoms in total. The van der Waals surface area contributed by atoms with Crippen LogP contribution in [-0.4, -0.2) is 29.2 Å². The summed E-state index contributed by atoms with van der Waals surface area (Å²) in [6.07, 6.45) is 0.122. The number of oxime groups is 1. The number of nitrogens with zero attached hydrogens (tertiary/aromatic N) is 2. The second kappa shape index (κ2) is 9.90. The Labute approximate surface area is 200 Å². The zero-order chi connectivity index (χ0) is 22.7. The van der Waals surface area contributed by atoms with Crippen LogP contribution in [-0.2, 0) is 11.4 Å². The van der Waals surface area contributed by atoms with Crippen molar-refractivity contribution in [1.82, 2.24) is 4.90 Å². The Hall–Kier alpha value is -2.60. The first kappa shape index (κ1) is 22.6. The van der Waals surface area contributed by atoms with Gasteiger partial charge in [-0.05, 0) is 48.0 Å². The molecule has 0 saturated carbocycles. The van der Waals surface area contributed by atoms with Gasteiger partial charge in [-0.1, -0.05) is 64.2 Å². The van der Waals surface area contributed by atoms with Crippen molar-refractivity contribution >= 4 is 46.4 Å². The van der Waals surface area contributed by atoms with Crippen LogP contribution in [0.1, 0.15) is 27.9 Å². The number of hydrogen-bond donors (Lipinski definition) is 0. The predicted octanol–water partition coefficient (Wildman–Crippen LogP) is 6.62. The summed E-state index contributed by atoms with van der Waals surface area (Å²) in [5.74, 6) is -0.781. The molecule has 1 unspecified atom stereocenters. The van der Waals surface area contributed by atoms with Crippen LogP contribution < -0.4 is 0 Å². The van der Waals surface area contributed by atoms with Crippen LogP contribution in [0.15, 0.2) is 71.9 Å². The molecule has 0 N–H and O–H groups in total. The SMILES string of the molecule is O=C(c1cccc(F)c1)N(Cc1cccc(Cl)c1)CC1CC(c2ccc(Cl)c(Cl)c2)=NO1. The summed E-state index contributed by atoms with van der Waals surface area (Å²) in [5.41, 5.74) is 2.63. The van der Waals surface area contributed by atoms with E-state index in [9.17, 15) is 9.18 Å². The van der Waals surface area contributed by atoms with E-state index in [-0.39, 0.29) is 30.7 Å². The molecule has 1 amide bonds. The summed E-state index contributed by atoms with van der Waals surface area (Å²) in [6.45, 7) is 0.550. The highest BCUT2D eigenvalue weighted by Gasteiger charge is 2.28. The number of benzene rings is 3. The number of carbonyl (C=O) groups excluding carboxylic acids is 1. The lowest BCUT2D eigenvalue weighted by Crippen LogP contribution is -2.37. The van der Waals surface area contributed by atoms with Crippen molar-refractivity contribution in [2.45, 2.75) is 19.1 Å². The van der Waals surface area contributed by atoms with E-state index >= 15 is 0 Å². The van der Waals surface area contributed by atoms with Gasteiger partial charge in [-0.2, -0.15) is 0 Å². The van der Waals surface area contributed by atoms with Crippen LogP contribution in [0, 0.1) is 5.82 Å². The number of halogens is 4. The zero-order valence-corrected chi connectivity index (χ0v) is 19.0. The maximum Gasteiger partial charge on any atom is 0.254 e. The number of rotatable bonds is 6. The molecule has 32 heavy (non-hydrogen) atoms. The molecule has 1 heterocycles. The van der Waals surface area contributed by atoms with Gasteiger partial charge in [0.1, 0.15) is 5.82 Å². The number of amides is 1. The quantitative estimate of drug-likeness (QED) is 0.389. The molecule has 0 saturated heterocycles. The summed E-state index contributed by atoms with van der Waals surface area (Å²) in [6, 6.07) is 18.1. The molecule has 1 atom stereocenters. The summed E-state index contributed by atoms with van der Waals surface area (Å²) < 4.78 is 13.7. The molecule has 0 bridgehead atoms. The monoisotopic (exact) mass is 490 g/mol. The van der Waals surface area contributed by atoms with Crippen LogP contribution in [0.2, 0.25) is 15.1 Å². The van der Waals surface area contributed by atoms with Crippen molar-refractivity contribution in [3.05, 3.63) is 104 Å². The molecule has 1 aliphatic heterocycles. The molecular formula is C24H18Cl3FN2O2. The van der Waals surface area contributed by atoms with Gasteiger partial charge < -0.3 is 9.74 Å². The zero-order valence-electron chi connectivity index (χ0n) is 16.8. The maximum atomic E-state index is 13.7. The Bertz CT molecular complexity index is 1190. The Morgan fingerprint density at radius 1 is 1.03 bits per heavy atom. The van der Waals surface area contributed by atoms with Crippen LogP contribution in [0.5, 0.6) is 0 Å². The van der Waals surface area contributed by atoms with E-state index in [4.69, 9.17) is 39.6 Å². The van der Waals surface area contributed by atoms with Crippen molar-refractivity contribution in [3.63, 3.8) is 0 Å². The lowest BCUT2D eigenvalue weighted by atomic mass is 10.0. The van der Waals surface area contributed by atoms with Crippen molar-refractivity contribution < 1.29 is 14.0 Å². The Kier molecular flexibility index (Phi) is 6.99. The largest absolute Gasteiger partial charge is 0.390 e. The summed E-state index contributed by atoms with van der Waals surface area (Å²) in [5, 5.41) is 5.63. The molecule has 8 heteroatoms. The fraction of sp³-hybridized carbons (Fsp3) is 0.167. The summed E-state index contributed by atoms with van der Waals surface area (Å²) in [4.78, 5) is 20.4. The molecule has 0 spiro atoms. The van der Waals surface area contributed by atoms with Gasteiger partial charge in [0.25, 0.3) is 5.91 Å². The smallest absolute Gasteiger partial charge is 0.254 e. The predicted molar refractivity (Wildman–Crippen MR) is 125 cm³/mol. The molecular weight excluding hydrogens is 474 g/mol. The van der Waals surface area contributed by atoms with Gasteiger partial charge in [0.15, 0.2) is 6.10 Å². The molecule has 0 radical (unpaired) electrons. The first-order valence-corrected chi connectivity index (χ1v) is 11.0. The van der Waals surface area contributed by atoms with Crippen LogP contribution in [0.25, 0.3) is 0 Å². The highest BCUT2D eigenvalue weighted by atomic mass is 35.5. The van der Waals surface area contributed by atoms with Gasteiger partial charge in [0.05, 0.1) is 22.3 Å². The molecule has 0 fully saturated rings. The highest BCUT2D eigenvalue weighted by Crippen LogP contribution is 2.26. The Balaban J connectivity index is 1.52. The Morgan fingerprint density at radius 3 is 2.59 bits per heavy atom.